The number of hydrogen-bond donors (Lipinski definition) is 2. The normalized spacial score (nSPS) is 18.6. The van der Waals surface area contributed by atoms with Crippen molar-refractivity contribution in [3.63, 3.8) is 0 Å². The maximum Gasteiger partial charge on any atom is 0.260 e. The molecule has 1 aliphatic heterocycles. The fourth-order valence-electron chi connectivity index (χ4n) is 2.39. The maximum atomic E-state index is 12.0. The number of nitrogens with two attached hydrogens (primary N) is 1. The quantitative estimate of drug-likeness (QED) is 0.812. The number of hydrogen-bond acceptors (Lipinski definition) is 4. The van der Waals surface area contributed by atoms with Gasteiger partial charge in [-0.2, -0.15) is 0 Å². The van der Waals surface area contributed by atoms with Gasteiger partial charge in [-0.15, -0.1) is 0 Å². The van der Waals surface area contributed by atoms with E-state index in [1.54, 1.807) is 4.90 Å². The first-order valence-electron chi connectivity index (χ1n) is 6.57. The van der Waals surface area contributed by atoms with Crippen LogP contribution in [0.4, 0.5) is 0 Å². The number of ether oxygens (including phenoxy) is 1. The molecule has 2 rings (SSSR count). The lowest BCUT2D eigenvalue weighted by atomic mass is 10.2. The van der Waals surface area contributed by atoms with Crippen LogP contribution in [0.25, 0.3) is 0 Å². The molecule has 104 valence electrons. The second-order valence-corrected chi connectivity index (χ2v) is 4.67. The molecule has 0 aliphatic carbocycles. The summed E-state index contributed by atoms with van der Waals surface area (Å²) in [5.74, 6) is 0.571. The summed E-state index contributed by atoms with van der Waals surface area (Å²) in [5.41, 5.74) is 6.50. The monoisotopic (exact) mass is 264 g/mol. The van der Waals surface area contributed by atoms with Crippen LogP contribution in [-0.4, -0.2) is 41.7 Å². The molecule has 0 bridgehead atoms. The lowest BCUT2D eigenvalue weighted by Crippen LogP contribution is -2.40. The highest BCUT2D eigenvalue weighted by molar-refractivity contribution is 5.78. The summed E-state index contributed by atoms with van der Waals surface area (Å²) in [5, 5.41) is 9.20. The van der Waals surface area contributed by atoms with Gasteiger partial charge in [0.05, 0.1) is 12.6 Å². The van der Waals surface area contributed by atoms with Crippen molar-refractivity contribution in [2.24, 2.45) is 5.73 Å². The van der Waals surface area contributed by atoms with Gasteiger partial charge in [0, 0.05) is 18.7 Å². The van der Waals surface area contributed by atoms with Gasteiger partial charge in [-0.25, -0.2) is 0 Å². The Morgan fingerprint density at radius 2 is 2.26 bits per heavy atom. The smallest absolute Gasteiger partial charge is 0.260 e. The van der Waals surface area contributed by atoms with Gasteiger partial charge in [0.15, 0.2) is 6.61 Å². The summed E-state index contributed by atoms with van der Waals surface area (Å²) in [6.45, 7) is 1.10. The largest absolute Gasteiger partial charge is 0.483 e. The van der Waals surface area contributed by atoms with Crippen molar-refractivity contribution in [1.29, 1.82) is 0 Å². The van der Waals surface area contributed by atoms with Gasteiger partial charge in [0.2, 0.25) is 0 Å². The second kappa shape index (κ2) is 6.54. The van der Waals surface area contributed by atoms with Gasteiger partial charge >= 0.3 is 0 Å². The number of rotatable bonds is 5. The van der Waals surface area contributed by atoms with Crippen LogP contribution in [0.2, 0.25) is 0 Å². The van der Waals surface area contributed by atoms with Crippen molar-refractivity contribution in [3.8, 4) is 5.75 Å². The number of para-hydroxylation sites is 1. The number of aliphatic hydroxyl groups is 1. The van der Waals surface area contributed by atoms with Crippen LogP contribution < -0.4 is 10.5 Å². The van der Waals surface area contributed by atoms with Gasteiger partial charge in [0.1, 0.15) is 5.75 Å². The molecule has 1 atom stereocenters. The molecule has 0 saturated carbocycles. The first kappa shape index (κ1) is 13.8. The van der Waals surface area contributed by atoms with E-state index in [2.05, 4.69) is 0 Å². The van der Waals surface area contributed by atoms with E-state index < -0.39 is 0 Å². The topological polar surface area (TPSA) is 75.8 Å². The zero-order chi connectivity index (χ0) is 13.7. The van der Waals surface area contributed by atoms with Crippen LogP contribution >= 0.6 is 0 Å². The Morgan fingerprint density at radius 3 is 3.00 bits per heavy atom. The molecular formula is C14H20N2O3. The molecule has 1 saturated heterocycles. The number of aliphatic hydroxyl groups excluding tert-OH is 1. The van der Waals surface area contributed by atoms with Gasteiger partial charge in [0.25, 0.3) is 5.91 Å². The lowest BCUT2D eigenvalue weighted by Gasteiger charge is -2.23. The molecule has 1 aromatic rings. The van der Waals surface area contributed by atoms with Crippen LogP contribution in [0.1, 0.15) is 18.4 Å². The Kier molecular flexibility index (Phi) is 4.76. The third-order valence-electron chi connectivity index (χ3n) is 3.45. The molecule has 5 heteroatoms. The van der Waals surface area contributed by atoms with Crippen molar-refractivity contribution >= 4 is 5.91 Å². The predicted molar refractivity (Wildman–Crippen MR) is 71.6 cm³/mol. The average molecular weight is 264 g/mol. The van der Waals surface area contributed by atoms with E-state index >= 15 is 0 Å². The Morgan fingerprint density at radius 1 is 1.47 bits per heavy atom. The molecule has 1 heterocycles. The highest BCUT2D eigenvalue weighted by Gasteiger charge is 2.28. The molecular weight excluding hydrogens is 244 g/mol. The minimum atomic E-state index is -0.0802. The number of likely N-dealkylation sites (tertiary alicyclic amines) is 1. The fourth-order valence-corrected chi connectivity index (χ4v) is 2.39. The fraction of sp³-hybridized carbons (Fsp3) is 0.500. The minimum absolute atomic E-state index is 0.00644. The summed E-state index contributed by atoms with van der Waals surface area (Å²) in [4.78, 5) is 13.7. The van der Waals surface area contributed by atoms with Crippen molar-refractivity contribution in [2.75, 3.05) is 19.8 Å². The van der Waals surface area contributed by atoms with Crippen LogP contribution in [0.3, 0.4) is 0 Å². The summed E-state index contributed by atoms with van der Waals surface area (Å²) >= 11 is 0. The summed E-state index contributed by atoms with van der Waals surface area (Å²) in [6, 6.07) is 7.38. The Bertz CT molecular complexity index is 436. The van der Waals surface area contributed by atoms with Crippen molar-refractivity contribution in [1.82, 2.24) is 4.90 Å². The molecule has 0 spiro atoms. The molecule has 1 aliphatic rings. The summed E-state index contributed by atoms with van der Waals surface area (Å²) < 4.78 is 5.54. The second-order valence-electron chi connectivity index (χ2n) is 4.67. The van der Waals surface area contributed by atoms with Crippen LogP contribution in [-0.2, 0) is 11.3 Å². The Balaban J connectivity index is 1.93. The van der Waals surface area contributed by atoms with Crippen molar-refractivity contribution in [2.45, 2.75) is 25.4 Å². The number of carbonyl (C=O) groups is 1. The lowest BCUT2D eigenvalue weighted by molar-refractivity contribution is -0.134. The Hall–Kier alpha value is -1.59. The molecule has 19 heavy (non-hydrogen) atoms. The maximum absolute atomic E-state index is 12.0. The van der Waals surface area contributed by atoms with E-state index in [1.165, 1.54) is 0 Å². The molecule has 3 N–H and O–H groups in total. The number of amides is 1. The molecule has 1 fully saturated rings. The molecule has 0 aromatic heterocycles. The van der Waals surface area contributed by atoms with E-state index in [4.69, 9.17) is 10.5 Å². The number of benzene rings is 1. The zero-order valence-corrected chi connectivity index (χ0v) is 10.9. The van der Waals surface area contributed by atoms with E-state index in [0.717, 1.165) is 18.4 Å². The predicted octanol–water partition coefficient (Wildman–Crippen LogP) is 0.507. The number of carbonyl (C=O) groups excluding carboxylic acids is 1. The first-order chi connectivity index (χ1) is 9.26. The first-order valence-corrected chi connectivity index (χ1v) is 6.57. The molecule has 0 radical (unpaired) electrons. The highest BCUT2D eigenvalue weighted by atomic mass is 16.5. The third kappa shape index (κ3) is 3.24. The molecule has 1 unspecified atom stereocenters. The van der Waals surface area contributed by atoms with Gasteiger partial charge in [-0.3, -0.25) is 4.79 Å². The highest BCUT2D eigenvalue weighted by Crippen LogP contribution is 2.19. The Labute approximate surface area is 113 Å². The van der Waals surface area contributed by atoms with E-state index in [9.17, 15) is 9.90 Å². The average Bonchev–Trinajstić information content (AvgIpc) is 2.93. The van der Waals surface area contributed by atoms with Crippen LogP contribution in [0, 0.1) is 0 Å². The third-order valence-corrected chi connectivity index (χ3v) is 3.45. The van der Waals surface area contributed by atoms with Crippen LogP contribution in [0.5, 0.6) is 5.75 Å². The summed E-state index contributed by atoms with van der Waals surface area (Å²) in [7, 11) is 0. The molecule has 5 nitrogen and oxygen atoms in total. The summed E-state index contributed by atoms with van der Waals surface area (Å²) in [6.07, 6.45) is 1.80. The van der Waals surface area contributed by atoms with Gasteiger partial charge in [-0.05, 0) is 18.9 Å². The van der Waals surface area contributed by atoms with Crippen LogP contribution in [0.15, 0.2) is 24.3 Å². The van der Waals surface area contributed by atoms with Crippen molar-refractivity contribution in [3.05, 3.63) is 29.8 Å². The minimum Gasteiger partial charge on any atom is -0.483 e. The molecule has 1 aromatic carbocycles. The standard InChI is InChI=1S/C14H20N2O3/c15-8-11-4-1-2-6-13(11)19-10-14(18)16-7-3-5-12(16)9-17/h1-2,4,6,12,17H,3,5,7-10,15H2. The van der Waals surface area contributed by atoms with E-state index in [0.29, 0.717) is 18.8 Å². The SMILES string of the molecule is NCc1ccccc1OCC(=O)N1CCCC1CO. The number of nitrogens with zero attached hydrogens (tertiary/aromatic N) is 1. The van der Waals surface area contributed by atoms with Crippen molar-refractivity contribution < 1.29 is 14.6 Å². The van der Waals surface area contributed by atoms with Gasteiger partial charge in [-0.1, -0.05) is 18.2 Å². The van der Waals surface area contributed by atoms with Gasteiger partial charge < -0.3 is 20.5 Å². The van der Waals surface area contributed by atoms with E-state index in [1.807, 2.05) is 24.3 Å². The van der Waals surface area contributed by atoms with E-state index in [-0.39, 0.29) is 25.2 Å². The molecule has 1 amide bonds. The zero-order valence-electron chi connectivity index (χ0n) is 10.9.